The summed E-state index contributed by atoms with van der Waals surface area (Å²) in [5, 5.41) is 0. The molecule has 3 atom stereocenters. The van der Waals surface area contributed by atoms with Gasteiger partial charge >= 0.3 is 0 Å². The van der Waals surface area contributed by atoms with Gasteiger partial charge in [-0.1, -0.05) is 37.3 Å². The molecule has 0 saturated heterocycles. The van der Waals surface area contributed by atoms with Gasteiger partial charge in [0.15, 0.2) is 0 Å². The summed E-state index contributed by atoms with van der Waals surface area (Å²) in [5.41, 5.74) is 1.12. The van der Waals surface area contributed by atoms with E-state index >= 15 is 0 Å². The van der Waals surface area contributed by atoms with Gasteiger partial charge in [0.2, 0.25) is 5.91 Å². The van der Waals surface area contributed by atoms with E-state index in [2.05, 4.69) is 31.7 Å². The van der Waals surface area contributed by atoms with Crippen molar-refractivity contribution in [3.8, 4) is 0 Å². The van der Waals surface area contributed by atoms with Gasteiger partial charge in [0.25, 0.3) is 0 Å². The summed E-state index contributed by atoms with van der Waals surface area (Å²) in [6, 6.07) is 0. The lowest BCUT2D eigenvalue weighted by Gasteiger charge is -2.56. The number of rotatable bonds is 2. The van der Waals surface area contributed by atoms with E-state index in [1.807, 2.05) is 17.1 Å². The van der Waals surface area contributed by atoms with Gasteiger partial charge in [0, 0.05) is 18.5 Å². The Labute approximate surface area is 95.6 Å². The van der Waals surface area contributed by atoms with Crippen molar-refractivity contribution in [3.63, 3.8) is 0 Å². The topological polar surface area (TPSA) is 20.3 Å². The van der Waals surface area contributed by atoms with Gasteiger partial charge in [-0.05, 0) is 11.5 Å². The van der Waals surface area contributed by atoms with Crippen molar-refractivity contribution in [2.24, 2.45) is 11.8 Å². The van der Waals surface area contributed by atoms with Crippen molar-refractivity contribution in [3.05, 3.63) is 48.6 Å². The third-order valence-electron chi connectivity index (χ3n) is 4.08. The number of nitrogens with zero attached hydrogens (tertiary/aromatic N) is 1. The quantitative estimate of drug-likeness (QED) is 0.643. The van der Waals surface area contributed by atoms with Crippen molar-refractivity contribution >= 4 is 5.91 Å². The predicted octanol–water partition coefficient (Wildman–Crippen LogP) is 2.07. The summed E-state index contributed by atoms with van der Waals surface area (Å²) < 4.78 is 0. The molecule has 3 aliphatic rings. The van der Waals surface area contributed by atoms with Crippen LogP contribution in [0.5, 0.6) is 0 Å². The maximum atomic E-state index is 12.0. The molecule has 0 aromatic carbocycles. The van der Waals surface area contributed by atoms with Crippen molar-refractivity contribution in [1.82, 2.24) is 4.90 Å². The van der Waals surface area contributed by atoms with Crippen molar-refractivity contribution < 1.29 is 4.79 Å². The van der Waals surface area contributed by atoms with Crippen LogP contribution in [0.1, 0.15) is 6.92 Å². The van der Waals surface area contributed by atoms with Crippen LogP contribution in [0.4, 0.5) is 0 Å². The third kappa shape index (κ3) is 0.861. The van der Waals surface area contributed by atoms with Gasteiger partial charge in [0.1, 0.15) is 0 Å². The van der Waals surface area contributed by atoms with Crippen LogP contribution < -0.4 is 0 Å². The Bertz CT molecular complexity index is 457. The second-order valence-electron chi connectivity index (χ2n) is 4.72. The zero-order chi connectivity index (χ0) is 11.3. The second-order valence-corrected chi connectivity index (χ2v) is 4.72. The van der Waals surface area contributed by atoms with Gasteiger partial charge in [0.05, 0.1) is 5.54 Å². The van der Waals surface area contributed by atoms with E-state index in [0.29, 0.717) is 18.4 Å². The molecular weight excluding hydrogens is 198 g/mol. The highest BCUT2D eigenvalue weighted by atomic mass is 16.2. The summed E-state index contributed by atoms with van der Waals surface area (Å²) in [6.07, 6.45) is 12.1. The Hall–Kier alpha value is -1.57. The van der Waals surface area contributed by atoms with Crippen LogP contribution in [-0.2, 0) is 4.79 Å². The summed E-state index contributed by atoms with van der Waals surface area (Å²) in [7, 11) is 0. The van der Waals surface area contributed by atoms with Gasteiger partial charge in [-0.3, -0.25) is 4.79 Å². The predicted molar refractivity (Wildman–Crippen MR) is 63.7 cm³/mol. The summed E-state index contributed by atoms with van der Waals surface area (Å²) in [5.74, 6) is 1.05. The zero-order valence-corrected chi connectivity index (χ0v) is 9.39. The average Bonchev–Trinajstić information content (AvgIpc) is 2.51. The van der Waals surface area contributed by atoms with Crippen molar-refractivity contribution in [2.75, 3.05) is 6.54 Å². The van der Waals surface area contributed by atoms with Gasteiger partial charge in [-0.2, -0.15) is 0 Å². The standard InChI is InChI=1S/C14H15NO/c1-3-8-15-13(16)9-12-10(2)11-6-4-5-7-14(11,12)15/h3-7,9-11H,1,8H2,2H3. The highest BCUT2D eigenvalue weighted by molar-refractivity contribution is 5.95. The lowest BCUT2D eigenvalue weighted by Crippen LogP contribution is -2.62. The zero-order valence-electron chi connectivity index (χ0n) is 9.39. The number of carbonyl (C=O) groups is 1. The number of allylic oxidation sites excluding steroid dienone is 2. The summed E-state index contributed by atoms with van der Waals surface area (Å²) in [4.78, 5) is 13.9. The van der Waals surface area contributed by atoms with Gasteiger partial charge < -0.3 is 4.90 Å². The molecule has 2 heteroatoms. The fourth-order valence-corrected chi connectivity index (χ4v) is 3.38. The SMILES string of the molecule is C=CCN1C(=O)C=C2C(C)C3C=CC=CC231. The molecule has 0 bridgehead atoms. The second kappa shape index (κ2) is 2.97. The maximum Gasteiger partial charge on any atom is 0.247 e. The highest BCUT2D eigenvalue weighted by Gasteiger charge is 2.61. The molecule has 2 nitrogen and oxygen atoms in total. The van der Waals surface area contributed by atoms with Crippen LogP contribution in [-0.4, -0.2) is 22.9 Å². The number of carbonyl (C=O) groups excluding carboxylic acids is 1. The Morgan fingerprint density at radius 1 is 1.56 bits per heavy atom. The van der Waals surface area contributed by atoms with Crippen LogP contribution in [0.2, 0.25) is 0 Å². The molecule has 0 radical (unpaired) electrons. The normalized spacial score (nSPS) is 38.9. The minimum atomic E-state index is -0.153. The van der Waals surface area contributed by atoms with E-state index in [1.54, 1.807) is 6.08 Å². The molecule has 1 fully saturated rings. The smallest absolute Gasteiger partial charge is 0.247 e. The first-order valence-corrected chi connectivity index (χ1v) is 5.72. The molecule has 1 amide bonds. The molecule has 1 spiro atoms. The molecule has 1 aliphatic heterocycles. The fourth-order valence-electron chi connectivity index (χ4n) is 3.38. The number of amides is 1. The fraction of sp³-hybridized carbons (Fsp3) is 0.357. The largest absolute Gasteiger partial charge is 0.322 e. The van der Waals surface area contributed by atoms with Crippen LogP contribution in [0, 0.1) is 11.8 Å². The highest BCUT2D eigenvalue weighted by Crippen LogP contribution is 2.57. The van der Waals surface area contributed by atoms with Gasteiger partial charge in [-0.15, -0.1) is 6.58 Å². The molecule has 1 heterocycles. The first kappa shape index (κ1) is 9.64. The monoisotopic (exact) mass is 213 g/mol. The maximum absolute atomic E-state index is 12.0. The lowest BCUT2D eigenvalue weighted by atomic mass is 9.55. The van der Waals surface area contributed by atoms with E-state index in [0.717, 1.165) is 0 Å². The van der Waals surface area contributed by atoms with Gasteiger partial charge in [-0.25, -0.2) is 0 Å². The summed E-state index contributed by atoms with van der Waals surface area (Å²) in [6.45, 7) is 6.56. The Kier molecular flexibility index (Phi) is 1.79. The van der Waals surface area contributed by atoms with Crippen molar-refractivity contribution in [1.29, 1.82) is 0 Å². The molecule has 16 heavy (non-hydrogen) atoms. The summed E-state index contributed by atoms with van der Waals surface area (Å²) >= 11 is 0. The lowest BCUT2D eigenvalue weighted by molar-refractivity contribution is -0.129. The van der Waals surface area contributed by atoms with Crippen LogP contribution in [0.15, 0.2) is 48.6 Å². The van der Waals surface area contributed by atoms with Crippen LogP contribution in [0.3, 0.4) is 0 Å². The molecule has 0 N–H and O–H groups in total. The van der Waals surface area contributed by atoms with E-state index in [4.69, 9.17) is 0 Å². The average molecular weight is 213 g/mol. The molecule has 0 aromatic rings. The van der Waals surface area contributed by atoms with E-state index in [-0.39, 0.29) is 11.4 Å². The minimum absolute atomic E-state index is 0.129. The molecule has 3 rings (SSSR count). The van der Waals surface area contributed by atoms with Crippen LogP contribution in [0.25, 0.3) is 0 Å². The molecule has 3 unspecified atom stereocenters. The first-order chi connectivity index (χ1) is 7.71. The number of hydrogen-bond donors (Lipinski definition) is 0. The molecule has 1 saturated carbocycles. The Balaban J connectivity index is 2.08. The number of hydrogen-bond acceptors (Lipinski definition) is 1. The third-order valence-corrected chi connectivity index (χ3v) is 4.08. The van der Waals surface area contributed by atoms with E-state index < -0.39 is 0 Å². The Morgan fingerprint density at radius 3 is 3.12 bits per heavy atom. The Morgan fingerprint density at radius 2 is 2.38 bits per heavy atom. The molecule has 0 aromatic heterocycles. The van der Waals surface area contributed by atoms with E-state index in [1.165, 1.54) is 5.57 Å². The molecule has 2 aliphatic carbocycles. The minimum Gasteiger partial charge on any atom is -0.322 e. The van der Waals surface area contributed by atoms with Crippen molar-refractivity contribution in [2.45, 2.75) is 12.5 Å². The van der Waals surface area contributed by atoms with Crippen LogP contribution >= 0.6 is 0 Å². The molecular formula is C14H15NO. The van der Waals surface area contributed by atoms with E-state index in [9.17, 15) is 4.79 Å². The first-order valence-electron chi connectivity index (χ1n) is 5.72. The molecule has 82 valence electrons.